The van der Waals surface area contributed by atoms with Gasteiger partial charge in [0.15, 0.2) is 9.84 Å². The van der Waals surface area contributed by atoms with Gasteiger partial charge in [-0.15, -0.1) is 0 Å². The maximum atomic E-state index is 13.2. The molecule has 1 aliphatic heterocycles. The number of piperidine rings is 1. The summed E-state index contributed by atoms with van der Waals surface area (Å²) in [6, 6.07) is 8.68. The molecule has 8 nitrogen and oxygen atoms in total. The fourth-order valence-corrected chi connectivity index (χ4v) is 4.91. The van der Waals surface area contributed by atoms with E-state index >= 15 is 0 Å². The molecule has 2 aromatic heterocycles. The summed E-state index contributed by atoms with van der Waals surface area (Å²) in [5, 5.41) is 0.738. The van der Waals surface area contributed by atoms with E-state index in [0.717, 1.165) is 24.1 Å². The van der Waals surface area contributed by atoms with Gasteiger partial charge in [0.25, 0.3) is 5.91 Å². The number of imidazole rings is 1. The normalized spacial score (nSPS) is 15.5. The van der Waals surface area contributed by atoms with E-state index in [4.69, 9.17) is 0 Å². The molecule has 3 heterocycles. The highest BCUT2D eigenvalue weighted by Crippen LogP contribution is 2.28. The number of fused-ring (bicyclic) bond motifs is 1. The van der Waals surface area contributed by atoms with Crippen molar-refractivity contribution in [1.82, 2.24) is 19.4 Å². The van der Waals surface area contributed by atoms with Gasteiger partial charge in [0, 0.05) is 60.7 Å². The van der Waals surface area contributed by atoms with Crippen LogP contribution in [0.4, 0.5) is 0 Å². The van der Waals surface area contributed by atoms with Crippen molar-refractivity contribution >= 4 is 26.6 Å². The van der Waals surface area contributed by atoms with E-state index in [1.165, 1.54) is 6.07 Å². The van der Waals surface area contributed by atoms with Gasteiger partial charge in [0.2, 0.25) is 5.56 Å². The van der Waals surface area contributed by atoms with Gasteiger partial charge >= 0.3 is 0 Å². The predicted octanol–water partition coefficient (Wildman–Crippen LogP) is 2.18. The van der Waals surface area contributed by atoms with Gasteiger partial charge in [-0.05, 0) is 18.9 Å². The van der Waals surface area contributed by atoms with Gasteiger partial charge in [-0.1, -0.05) is 25.1 Å². The largest absolute Gasteiger partial charge is 0.339 e. The number of nitrogens with zero attached hydrogens (tertiary/aromatic N) is 3. The van der Waals surface area contributed by atoms with Crippen LogP contribution in [0.25, 0.3) is 10.9 Å². The Morgan fingerprint density at radius 1 is 1.23 bits per heavy atom. The van der Waals surface area contributed by atoms with Gasteiger partial charge < -0.3 is 14.5 Å². The summed E-state index contributed by atoms with van der Waals surface area (Å²) in [5.41, 5.74) is 0.780. The quantitative estimate of drug-likeness (QED) is 0.630. The van der Waals surface area contributed by atoms with E-state index in [9.17, 15) is 18.0 Å². The lowest BCUT2D eigenvalue weighted by atomic mass is 9.95. The highest BCUT2D eigenvalue weighted by atomic mass is 32.2. The second-order valence-electron chi connectivity index (χ2n) is 7.87. The van der Waals surface area contributed by atoms with Crippen LogP contribution in [0.1, 0.15) is 41.9 Å². The first-order valence-corrected chi connectivity index (χ1v) is 12.3. The van der Waals surface area contributed by atoms with E-state index in [0.29, 0.717) is 30.7 Å². The Morgan fingerprint density at radius 2 is 1.97 bits per heavy atom. The maximum Gasteiger partial charge on any atom is 0.254 e. The lowest BCUT2D eigenvalue weighted by Gasteiger charge is -2.32. The molecule has 1 aromatic carbocycles. The lowest BCUT2D eigenvalue weighted by Crippen LogP contribution is -2.39. The number of carbonyl (C=O) groups excluding carboxylic acids is 1. The number of likely N-dealkylation sites (tertiary alicyclic amines) is 1. The minimum atomic E-state index is -3.04. The molecule has 164 valence electrons. The van der Waals surface area contributed by atoms with Crippen LogP contribution in [0.3, 0.4) is 0 Å². The third-order valence-electron chi connectivity index (χ3n) is 5.96. The van der Waals surface area contributed by atoms with Crippen LogP contribution in [0.15, 0.2) is 47.5 Å². The average molecular weight is 443 g/mol. The number of aromatic amines is 1. The zero-order valence-corrected chi connectivity index (χ0v) is 18.3. The number of pyridine rings is 1. The molecule has 1 saturated heterocycles. The summed E-state index contributed by atoms with van der Waals surface area (Å²) in [5.74, 6) is 1.13. The van der Waals surface area contributed by atoms with E-state index in [1.54, 1.807) is 24.1 Å². The van der Waals surface area contributed by atoms with Crippen LogP contribution in [0, 0.1) is 0 Å². The Hall–Kier alpha value is -2.94. The molecule has 0 atom stereocenters. The first-order valence-electron chi connectivity index (χ1n) is 10.5. The summed E-state index contributed by atoms with van der Waals surface area (Å²) >= 11 is 0. The van der Waals surface area contributed by atoms with Crippen molar-refractivity contribution in [2.24, 2.45) is 0 Å². The molecule has 0 radical (unpaired) electrons. The van der Waals surface area contributed by atoms with Crippen molar-refractivity contribution in [1.29, 1.82) is 0 Å². The SMILES string of the molecule is CCS(=O)(=O)CCn1ccnc1C1CCN(C(=O)c2cc(=O)[nH]c3ccccc23)CC1. The molecular weight excluding hydrogens is 416 g/mol. The Morgan fingerprint density at radius 3 is 2.71 bits per heavy atom. The third kappa shape index (κ3) is 4.56. The fraction of sp³-hybridized carbons (Fsp3) is 0.409. The molecule has 4 rings (SSSR count). The predicted molar refractivity (Wildman–Crippen MR) is 119 cm³/mol. The minimum Gasteiger partial charge on any atom is -0.339 e. The number of nitrogens with one attached hydrogen (secondary N) is 1. The molecule has 1 N–H and O–H groups in total. The van der Waals surface area contributed by atoms with Crippen LogP contribution in [-0.4, -0.2) is 58.4 Å². The molecule has 3 aromatic rings. The van der Waals surface area contributed by atoms with Gasteiger partial charge in [-0.2, -0.15) is 0 Å². The van der Waals surface area contributed by atoms with Crippen molar-refractivity contribution in [2.45, 2.75) is 32.2 Å². The average Bonchev–Trinajstić information content (AvgIpc) is 3.25. The number of rotatable bonds is 6. The summed E-state index contributed by atoms with van der Waals surface area (Å²) in [6.45, 7) is 3.17. The number of para-hydroxylation sites is 1. The Kier molecular flexibility index (Phi) is 5.95. The highest BCUT2D eigenvalue weighted by molar-refractivity contribution is 7.91. The molecule has 0 aliphatic carbocycles. The van der Waals surface area contributed by atoms with Crippen LogP contribution >= 0.6 is 0 Å². The van der Waals surface area contributed by atoms with Crippen molar-refractivity contribution in [2.75, 3.05) is 24.6 Å². The third-order valence-corrected chi connectivity index (χ3v) is 7.64. The van der Waals surface area contributed by atoms with Crippen LogP contribution in [0.2, 0.25) is 0 Å². The Balaban J connectivity index is 1.46. The van der Waals surface area contributed by atoms with Crippen LogP contribution in [0.5, 0.6) is 0 Å². The van der Waals surface area contributed by atoms with Crippen LogP contribution < -0.4 is 5.56 Å². The fourth-order valence-electron chi connectivity index (χ4n) is 4.14. The lowest BCUT2D eigenvalue weighted by molar-refractivity contribution is 0.0712. The molecule has 1 aliphatic rings. The molecule has 0 unspecified atom stereocenters. The number of H-pyrrole nitrogens is 1. The van der Waals surface area contributed by atoms with Crippen molar-refractivity contribution in [3.8, 4) is 0 Å². The summed E-state index contributed by atoms with van der Waals surface area (Å²) < 4.78 is 25.6. The van der Waals surface area contributed by atoms with E-state index in [2.05, 4.69) is 9.97 Å². The number of hydrogen-bond acceptors (Lipinski definition) is 5. The smallest absolute Gasteiger partial charge is 0.254 e. The molecule has 31 heavy (non-hydrogen) atoms. The highest BCUT2D eigenvalue weighted by Gasteiger charge is 2.28. The first kappa shape index (κ1) is 21.3. The Bertz CT molecular complexity index is 1250. The van der Waals surface area contributed by atoms with E-state index in [-0.39, 0.29) is 28.9 Å². The van der Waals surface area contributed by atoms with Crippen LogP contribution in [-0.2, 0) is 16.4 Å². The first-order chi connectivity index (χ1) is 14.9. The van der Waals surface area contributed by atoms with Crippen molar-refractivity contribution in [3.63, 3.8) is 0 Å². The molecule has 1 amide bonds. The van der Waals surface area contributed by atoms with Gasteiger partial charge in [0.1, 0.15) is 5.82 Å². The number of aryl methyl sites for hydroxylation is 1. The standard InChI is InChI=1S/C22H26N4O4S/c1-2-31(29,30)14-13-25-12-9-23-21(25)16-7-10-26(11-8-16)22(28)18-15-20(27)24-19-6-4-3-5-17(18)19/h3-6,9,12,15-16H,2,7-8,10-11,13-14H2,1H3,(H,24,27). The van der Waals surface area contributed by atoms with Crippen molar-refractivity contribution in [3.05, 3.63) is 64.5 Å². The molecule has 0 saturated carbocycles. The Labute approximate surface area is 180 Å². The molecular formula is C22H26N4O4S. The molecule has 0 spiro atoms. The zero-order valence-electron chi connectivity index (χ0n) is 17.5. The van der Waals surface area contributed by atoms with Crippen molar-refractivity contribution < 1.29 is 13.2 Å². The zero-order chi connectivity index (χ0) is 22.0. The molecule has 9 heteroatoms. The second kappa shape index (κ2) is 8.66. The number of carbonyl (C=O) groups is 1. The number of amides is 1. The molecule has 1 fully saturated rings. The second-order valence-corrected chi connectivity index (χ2v) is 10.3. The number of sulfone groups is 1. The topological polar surface area (TPSA) is 105 Å². The minimum absolute atomic E-state index is 0.0970. The number of benzene rings is 1. The molecule has 0 bridgehead atoms. The maximum absolute atomic E-state index is 13.2. The number of hydrogen-bond donors (Lipinski definition) is 1. The summed E-state index contributed by atoms with van der Waals surface area (Å²) in [6.07, 6.45) is 5.00. The number of aromatic nitrogens is 3. The van der Waals surface area contributed by atoms with Gasteiger partial charge in [-0.3, -0.25) is 9.59 Å². The van der Waals surface area contributed by atoms with E-state index in [1.807, 2.05) is 29.0 Å². The van der Waals surface area contributed by atoms with Gasteiger partial charge in [0.05, 0.1) is 11.3 Å². The van der Waals surface area contributed by atoms with E-state index < -0.39 is 9.84 Å². The van der Waals surface area contributed by atoms with Gasteiger partial charge in [-0.25, -0.2) is 13.4 Å². The monoisotopic (exact) mass is 442 g/mol. The summed E-state index contributed by atoms with van der Waals surface area (Å²) in [7, 11) is -3.04. The summed E-state index contributed by atoms with van der Waals surface area (Å²) in [4.78, 5) is 34.2.